The van der Waals surface area contributed by atoms with Gasteiger partial charge in [0.2, 0.25) is 0 Å². The van der Waals surface area contributed by atoms with Gasteiger partial charge in [0.15, 0.2) is 0 Å². The molecule has 0 aliphatic carbocycles. The van der Waals surface area contributed by atoms with Crippen LogP contribution in [0.1, 0.15) is 210 Å². The fourth-order valence-corrected chi connectivity index (χ4v) is 17.4. The third kappa shape index (κ3) is 23.1. The van der Waals surface area contributed by atoms with E-state index in [9.17, 15) is 34.8 Å². The summed E-state index contributed by atoms with van der Waals surface area (Å²) in [5.74, 6) is 1.07. The summed E-state index contributed by atoms with van der Waals surface area (Å²) in [6.45, 7) is 8.88. The van der Waals surface area contributed by atoms with E-state index in [1.807, 2.05) is 117 Å². The molecule has 0 amide bonds. The monoisotopic (exact) mass is 1460 g/mol. The van der Waals surface area contributed by atoms with Crippen molar-refractivity contribution in [3.63, 3.8) is 0 Å². The highest BCUT2D eigenvalue weighted by Crippen LogP contribution is 2.42. The zero-order valence-electron chi connectivity index (χ0n) is 57.3. The Morgan fingerprint density at radius 1 is 0.418 bits per heavy atom. The summed E-state index contributed by atoms with van der Waals surface area (Å²) >= 11 is 0. The van der Waals surface area contributed by atoms with Crippen molar-refractivity contribution in [1.82, 2.24) is 0 Å². The predicted octanol–water partition coefficient (Wildman–Crippen LogP) is 1.84. The fourth-order valence-electron chi connectivity index (χ4n) is 12.8. The highest BCUT2D eigenvalue weighted by Gasteiger charge is 2.40. The molecule has 9 rings (SSSR count). The minimum atomic E-state index is -3.72. The van der Waals surface area contributed by atoms with Crippen LogP contribution >= 0.6 is 0 Å². The van der Waals surface area contributed by atoms with Gasteiger partial charge < -0.3 is 63.4 Å². The average molecular weight is 1470 g/mol. The fraction of sp³-hybridized carbons (Fsp3) is 0.446. The number of fused-ring (bicyclic) bond motifs is 6. The normalized spacial score (nSPS) is 16.0. The van der Waals surface area contributed by atoms with E-state index in [2.05, 4.69) is 34.9 Å². The molecule has 98 heavy (non-hydrogen) atoms. The lowest BCUT2D eigenvalue weighted by molar-refractivity contribution is -0.687. The zero-order chi connectivity index (χ0) is 69.1. The van der Waals surface area contributed by atoms with Crippen molar-refractivity contribution in [3.8, 4) is 12.3 Å². The molecule has 0 aromatic heterocycles. The van der Waals surface area contributed by atoms with Crippen LogP contribution in [0.25, 0.3) is 0 Å². The average Bonchev–Trinajstić information content (AvgIpc) is 1.65. The summed E-state index contributed by atoms with van der Waals surface area (Å²) < 4.78 is 84.1. The number of nitrogens with zero attached hydrogens (tertiary/aromatic N) is 3. The van der Waals surface area contributed by atoms with E-state index in [-0.39, 0.29) is 79.2 Å². The quantitative estimate of drug-likeness (QED) is 0.0333. The first-order valence-corrected chi connectivity index (χ1v) is 37.9. The maximum atomic E-state index is 13.3. The van der Waals surface area contributed by atoms with Crippen LogP contribution in [-0.4, -0.2) is 94.3 Å². The first kappa shape index (κ1) is 85.4. The number of carbonyl (C=O) groups excluding carboxylic acids is 2. The molecule has 18 nitrogen and oxygen atoms in total. The van der Waals surface area contributed by atoms with Crippen LogP contribution < -0.4 is 66.1 Å². The van der Waals surface area contributed by atoms with Crippen LogP contribution in [-0.2, 0) is 49.2 Å². The van der Waals surface area contributed by atoms with Crippen molar-refractivity contribution in [2.45, 2.75) is 188 Å². The summed E-state index contributed by atoms with van der Waals surface area (Å²) in [5.41, 5.74) is 10.2. The van der Waals surface area contributed by atoms with Gasteiger partial charge in [-0.25, -0.2) is 25.3 Å². The molecule has 3 aliphatic rings. The molecule has 3 heterocycles. The number of benzene rings is 6. The van der Waals surface area contributed by atoms with E-state index >= 15 is 0 Å². The Morgan fingerprint density at radius 3 is 1.00 bits per heavy atom. The summed E-state index contributed by atoms with van der Waals surface area (Å²) in [6, 6.07) is 39.9. The van der Waals surface area contributed by atoms with E-state index in [1.54, 1.807) is 39.3 Å². The zero-order valence-corrected chi connectivity index (χ0v) is 62.0. The van der Waals surface area contributed by atoms with Gasteiger partial charge in [0.05, 0.1) is 51.4 Å². The van der Waals surface area contributed by atoms with Gasteiger partial charge in [0.25, 0.3) is 30.1 Å². The van der Waals surface area contributed by atoms with Gasteiger partial charge in [-0.2, -0.15) is 9.59 Å². The summed E-state index contributed by atoms with van der Waals surface area (Å²) in [5, 5.41) is 24.2. The van der Waals surface area contributed by atoms with Crippen LogP contribution in [0.2, 0.25) is 0 Å². The molecule has 3 unspecified atom stereocenters. The molecule has 3 aliphatic heterocycles. The summed E-state index contributed by atoms with van der Waals surface area (Å²) in [7, 11) is -6.00. The molecule has 0 saturated heterocycles. The second-order valence-corrected chi connectivity index (χ2v) is 30.6. The first-order chi connectivity index (χ1) is 45.6. The lowest BCUT2D eigenvalue weighted by Gasteiger charge is -2.20. The number of nitrogens with two attached hydrogens (primary N) is 3. The number of unbranched alkanes of at least 4 members (excludes halogenated alkanes) is 16. The van der Waals surface area contributed by atoms with E-state index in [0.29, 0.717) is 27.5 Å². The summed E-state index contributed by atoms with van der Waals surface area (Å²) in [4.78, 5) is 38.5. The molecule has 6 aromatic rings. The molecular weight excluding hydrogens is 1370 g/mol. The lowest BCUT2D eigenvalue weighted by Crippen LogP contribution is -3.00. The van der Waals surface area contributed by atoms with Crippen molar-refractivity contribution in [1.29, 1.82) is 0 Å². The molecule has 24 heteroatoms. The van der Waals surface area contributed by atoms with Crippen LogP contribution in [0.3, 0.4) is 0 Å². The van der Waals surface area contributed by atoms with Crippen molar-refractivity contribution >= 4 is 65.2 Å². The second kappa shape index (κ2) is 42.3. The Kier molecular flexibility index (Phi) is 36.9. The number of rotatable bonds is 29. The van der Waals surface area contributed by atoms with Gasteiger partial charge in [-0.3, -0.25) is 22.5 Å². The third-order valence-corrected chi connectivity index (χ3v) is 23.5. The number of para-hydroxylation sites is 3. The molecule has 6 aromatic carbocycles. The molecule has 0 saturated carbocycles. The number of carboxylic acid groups (broad SMARTS) is 2. The number of quaternary nitrogens is 3. The third-order valence-electron chi connectivity index (χ3n) is 18.0. The number of hydrogen-bond acceptors (Lipinski definition) is 10. The van der Waals surface area contributed by atoms with Crippen LogP contribution in [0.15, 0.2) is 142 Å². The number of aryl methyl sites for hydroxylation is 2. The maximum absolute atomic E-state index is 13.3. The summed E-state index contributed by atoms with van der Waals surface area (Å²) in [6.07, 6.45) is 27.3. The van der Waals surface area contributed by atoms with Gasteiger partial charge in [0, 0.05) is 72.9 Å². The van der Waals surface area contributed by atoms with Crippen molar-refractivity contribution in [2.24, 2.45) is 0 Å². The number of carbonyl (C=O) groups is 2. The molecule has 0 bridgehead atoms. The first-order valence-electron chi connectivity index (χ1n) is 33.5. The van der Waals surface area contributed by atoms with E-state index in [0.717, 1.165) is 140 Å². The molecular formula is C74H99Cl3N6O12S3. The predicted molar refractivity (Wildman–Crippen MR) is 372 cm³/mol. The Bertz CT molecular complexity index is 3960. The minimum Gasteiger partial charge on any atom is -1.00 e. The molecule has 0 spiro atoms. The topological polar surface area (TPSA) is 271 Å². The molecule has 0 fully saturated rings. The second-order valence-electron chi connectivity index (χ2n) is 24.8. The SMILES string of the molecule is C#Cc1ccc2c(c1)S(=O)(=O)N(C)c1ccccc1C2[NH2+]CCCCCCC(=O)O.CCCCCCCCC[NH2+]C1c2ccccc2N(C)S(=O)(=O)c2cc(C)ccc21.Cc1ccc2c(c1)S(=O)(=O)N(C)c1ccccc1C2[NH2+]CCCCCCCCCCC(=O)O.O=C=O.[Cl-].[Cl-].[Cl-]. The lowest BCUT2D eigenvalue weighted by atomic mass is 9.96. The van der Waals surface area contributed by atoms with E-state index in [4.69, 9.17) is 26.2 Å². The Labute approximate surface area is 600 Å². The molecule has 0 radical (unpaired) electrons. The number of hydrogen-bond donors (Lipinski definition) is 5. The highest BCUT2D eigenvalue weighted by molar-refractivity contribution is 7.93. The Hall–Kier alpha value is -6.80. The smallest absolute Gasteiger partial charge is 0.373 e. The van der Waals surface area contributed by atoms with Gasteiger partial charge in [0.1, 0.15) is 18.1 Å². The number of halogens is 3. The molecule has 3 atom stereocenters. The molecule has 536 valence electrons. The van der Waals surface area contributed by atoms with Crippen molar-refractivity contribution in [3.05, 3.63) is 177 Å². The van der Waals surface area contributed by atoms with E-state index < -0.39 is 42.0 Å². The van der Waals surface area contributed by atoms with Crippen LogP contribution in [0, 0.1) is 26.2 Å². The highest BCUT2D eigenvalue weighted by atomic mass is 35.5. The van der Waals surface area contributed by atoms with Crippen molar-refractivity contribution in [2.75, 3.05) is 53.7 Å². The number of carboxylic acids is 2. The van der Waals surface area contributed by atoms with Gasteiger partial charge in [-0.1, -0.05) is 168 Å². The molecule has 8 N–H and O–H groups in total. The minimum absolute atomic E-state index is 0. The Morgan fingerprint density at radius 2 is 0.694 bits per heavy atom. The van der Waals surface area contributed by atoms with Gasteiger partial charge in [-0.05, 0) is 119 Å². The maximum Gasteiger partial charge on any atom is 0.373 e. The van der Waals surface area contributed by atoms with Crippen molar-refractivity contribution < 1.29 is 108 Å². The largest absolute Gasteiger partial charge is 1.00 e. The Balaban J connectivity index is 0.000000370. The van der Waals surface area contributed by atoms with Crippen LogP contribution in [0.5, 0.6) is 0 Å². The number of terminal acetylenes is 1. The number of aliphatic carboxylic acids is 2. The van der Waals surface area contributed by atoms with Gasteiger partial charge in [-0.15, -0.1) is 6.42 Å². The standard InChI is InChI=1S/C26H36N2O4S.C24H34N2O2S.C23H26N2O4S.CO2.3ClH/c1-20-16-17-22-24(19-20)33(31,32)28(2)23-14-11-10-13-21(23)26(22)27-18-12-8-6-4-3-5-7-9-15-25(29)30;1-4-5-6-7-8-9-12-17-25-24-20-13-10-11-14-22(20)26(3)29(27,28)23-18-19(2)15-16-21(23)24;1-3-17-13-14-19-21(16-17)30(28,29)25(2)20-11-8-7-10-18(20)23(19)24-15-9-5-4-6-12-22(26)27;2-1-3;;;/h10-11,13-14,16-17,19,26-27H,3-9,12,15,18H2,1-2H3,(H,29,30);10-11,13-16,18,24-25H,4-9,12,17H2,1-3H3;1,7-8,10-11,13-14,16,23-24H,4-6,9,12,15H2,2H3,(H,26,27);;3*1H. The van der Waals surface area contributed by atoms with Crippen LogP contribution in [0.4, 0.5) is 17.1 Å². The van der Waals surface area contributed by atoms with E-state index in [1.165, 1.54) is 64.3 Å². The van der Waals surface area contributed by atoms with Gasteiger partial charge >= 0.3 is 18.1 Å². The number of sulfonamides is 3. The number of anilines is 3.